The second kappa shape index (κ2) is 8.70. The molecule has 2 aromatic carbocycles. The van der Waals surface area contributed by atoms with Crippen LogP contribution in [-0.2, 0) is 0 Å². The molecule has 0 bridgehead atoms. The molecule has 0 aliphatic heterocycles. The van der Waals surface area contributed by atoms with Crippen LogP contribution in [-0.4, -0.2) is 32.7 Å². The number of amides is 2. The zero-order chi connectivity index (χ0) is 20.9. The number of nitrogens with zero attached hydrogens (tertiary/aromatic N) is 3. The lowest BCUT2D eigenvalue weighted by atomic mass is 10.0. The van der Waals surface area contributed by atoms with Crippen LogP contribution >= 0.6 is 0 Å². The van der Waals surface area contributed by atoms with E-state index in [1.807, 2.05) is 67.6 Å². The predicted molar refractivity (Wildman–Crippen MR) is 115 cm³/mol. The minimum absolute atomic E-state index is 0.291. The van der Waals surface area contributed by atoms with Gasteiger partial charge in [0, 0.05) is 18.0 Å². The Morgan fingerprint density at radius 2 is 1.66 bits per heavy atom. The zero-order valence-electron chi connectivity index (χ0n) is 16.7. The molecule has 150 valence electrons. The molecule has 3 rings (SSSR count). The van der Waals surface area contributed by atoms with Crippen molar-refractivity contribution in [1.82, 2.24) is 9.97 Å². The molecule has 1 heterocycles. The van der Waals surface area contributed by atoms with Gasteiger partial charge in [0.05, 0.1) is 17.3 Å². The Labute approximate surface area is 170 Å². The third kappa shape index (κ3) is 5.30. The summed E-state index contributed by atoms with van der Waals surface area (Å²) in [5.41, 5.74) is 0.394. The van der Waals surface area contributed by atoms with E-state index in [1.165, 1.54) is 4.90 Å². The summed E-state index contributed by atoms with van der Waals surface area (Å²) in [7, 11) is 0. The number of nitrogens with one attached hydrogen (secondary N) is 2. The van der Waals surface area contributed by atoms with Gasteiger partial charge < -0.3 is 15.7 Å². The molecule has 0 aliphatic rings. The number of hydrogen-bond acceptors (Lipinski definition) is 5. The van der Waals surface area contributed by atoms with Gasteiger partial charge in [0.25, 0.3) is 0 Å². The zero-order valence-corrected chi connectivity index (χ0v) is 16.7. The quantitative estimate of drug-likeness (QED) is 0.579. The molecule has 1 atom stereocenters. The van der Waals surface area contributed by atoms with Crippen LogP contribution in [0.15, 0.2) is 72.9 Å². The highest BCUT2D eigenvalue weighted by Crippen LogP contribution is 2.25. The number of rotatable bonds is 6. The molecular formula is C22H25N5O2. The molecule has 0 aliphatic carbocycles. The summed E-state index contributed by atoms with van der Waals surface area (Å²) in [6, 6.07) is 19.5. The molecule has 3 aromatic rings. The van der Waals surface area contributed by atoms with Gasteiger partial charge in [0.15, 0.2) is 0 Å². The van der Waals surface area contributed by atoms with Gasteiger partial charge in [-0.2, -0.15) is 4.98 Å². The van der Waals surface area contributed by atoms with Gasteiger partial charge in [-0.25, -0.2) is 14.7 Å². The van der Waals surface area contributed by atoms with E-state index in [-0.39, 0.29) is 12.1 Å². The number of aromatic nitrogens is 2. The van der Waals surface area contributed by atoms with Gasteiger partial charge >= 0.3 is 6.03 Å². The van der Waals surface area contributed by atoms with Crippen molar-refractivity contribution in [3.8, 4) is 0 Å². The Morgan fingerprint density at radius 1 is 1.03 bits per heavy atom. The average molecular weight is 391 g/mol. The van der Waals surface area contributed by atoms with Gasteiger partial charge in [-0.3, -0.25) is 0 Å². The Hall–Kier alpha value is -3.45. The molecule has 29 heavy (non-hydrogen) atoms. The van der Waals surface area contributed by atoms with Gasteiger partial charge in [-0.05, 0) is 45.0 Å². The predicted octanol–water partition coefficient (Wildman–Crippen LogP) is 4.42. The van der Waals surface area contributed by atoms with E-state index in [9.17, 15) is 9.90 Å². The van der Waals surface area contributed by atoms with Crippen molar-refractivity contribution in [3.05, 3.63) is 72.9 Å². The molecule has 0 saturated heterocycles. The standard InChI is InChI=1S/C22H25N5O2/c1-16(22(2,3)29)24-20-23-15-14-19(26-20)27(18-12-8-5-9-13-18)21(28)25-17-10-6-4-7-11-17/h4-16,29H,1-3H3,(H,25,28)(H,23,24,26)/t16-/m0/s1. The maximum Gasteiger partial charge on any atom is 0.332 e. The van der Waals surface area contributed by atoms with E-state index in [0.717, 1.165) is 0 Å². The van der Waals surface area contributed by atoms with Crippen LogP contribution in [0, 0.1) is 0 Å². The second-order valence-electron chi connectivity index (χ2n) is 7.23. The monoisotopic (exact) mass is 391 g/mol. The number of urea groups is 1. The number of anilines is 4. The fourth-order valence-electron chi connectivity index (χ4n) is 2.55. The topological polar surface area (TPSA) is 90.4 Å². The van der Waals surface area contributed by atoms with Gasteiger partial charge in [0.2, 0.25) is 5.95 Å². The molecule has 3 N–H and O–H groups in total. The molecule has 0 saturated carbocycles. The first kappa shape index (κ1) is 20.3. The van der Waals surface area contributed by atoms with Crippen LogP contribution in [0.25, 0.3) is 0 Å². The normalized spacial score (nSPS) is 12.1. The van der Waals surface area contributed by atoms with Gasteiger partial charge in [-0.15, -0.1) is 0 Å². The fourth-order valence-corrected chi connectivity index (χ4v) is 2.55. The first-order valence-corrected chi connectivity index (χ1v) is 9.38. The van der Waals surface area contributed by atoms with Gasteiger partial charge in [0.1, 0.15) is 5.82 Å². The van der Waals surface area contributed by atoms with E-state index >= 15 is 0 Å². The van der Waals surface area contributed by atoms with E-state index < -0.39 is 5.60 Å². The Balaban J connectivity index is 1.92. The molecule has 1 aromatic heterocycles. The van der Waals surface area contributed by atoms with Crippen molar-refractivity contribution in [1.29, 1.82) is 0 Å². The number of aliphatic hydroxyl groups is 1. The van der Waals surface area contributed by atoms with Gasteiger partial charge in [-0.1, -0.05) is 36.4 Å². The largest absolute Gasteiger partial charge is 0.388 e. The lowest BCUT2D eigenvalue weighted by Crippen LogP contribution is -2.40. The summed E-state index contributed by atoms with van der Waals surface area (Å²) < 4.78 is 0. The van der Waals surface area contributed by atoms with Crippen molar-refractivity contribution < 1.29 is 9.90 Å². The van der Waals surface area contributed by atoms with Crippen LogP contribution in [0.2, 0.25) is 0 Å². The molecule has 0 radical (unpaired) electrons. The van der Waals surface area contributed by atoms with Crippen molar-refractivity contribution in [2.75, 3.05) is 15.5 Å². The van der Waals surface area contributed by atoms with Crippen molar-refractivity contribution in [2.45, 2.75) is 32.4 Å². The summed E-state index contributed by atoms with van der Waals surface area (Å²) in [5, 5.41) is 16.1. The molecular weight excluding hydrogens is 366 g/mol. The van der Waals surface area contributed by atoms with Crippen LogP contribution in [0.3, 0.4) is 0 Å². The minimum Gasteiger partial charge on any atom is -0.388 e. The SMILES string of the molecule is C[C@H](Nc1nccc(N(C(=O)Nc2ccccc2)c2ccccc2)n1)C(C)(C)O. The van der Waals surface area contributed by atoms with E-state index in [2.05, 4.69) is 20.6 Å². The maximum atomic E-state index is 13.1. The summed E-state index contributed by atoms with van der Waals surface area (Å²) in [5.74, 6) is 0.732. The first-order chi connectivity index (χ1) is 13.8. The van der Waals surface area contributed by atoms with E-state index in [4.69, 9.17) is 0 Å². The lowest BCUT2D eigenvalue weighted by molar-refractivity contribution is 0.0646. The van der Waals surface area contributed by atoms with Crippen LogP contribution in [0.1, 0.15) is 20.8 Å². The van der Waals surface area contributed by atoms with Crippen LogP contribution < -0.4 is 15.5 Å². The number of para-hydroxylation sites is 2. The third-order valence-corrected chi connectivity index (χ3v) is 4.52. The molecule has 0 unspecified atom stereocenters. The smallest absolute Gasteiger partial charge is 0.332 e. The van der Waals surface area contributed by atoms with E-state index in [0.29, 0.717) is 23.1 Å². The average Bonchev–Trinajstić information content (AvgIpc) is 2.69. The minimum atomic E-state index is -0.955. The number of hydrogen-bond donors (Lipinski definition) is 3. The molecule has 0 fully saturated rings. The Kier molecular flexibility index (Phi) is 6.09. The molecule has 7 heteroatoms. The molecule has 0 spiro atoms. The summed E-state index contributed by atoms with van der Waals surface area (Å²) >= 11 is 0. The second-order valence-corrected chi connectivity index (χ2v) is 7.23. The van der Waals surface area contributed by atoms with E-state index in [1.54, 1.807) is 26.1 Å². The van der Waals surface area contributed by atoms with Crippen molar-refractivity contribution in [3.63, 3.8) is 0 Å². The lowest BCUT2D eigenvalue weighted by Gasteiger charge is -2.27. The fraction of sp³-hybridized carbons (Fsp3) is 0.227. The number of benzene rings is 2. The Bertz CT molecular complexity index is 942. The Morgan fingerprint density at radius 3 is 2.28 bits per heavy atom. The summed E-state index contributed by atoms with van der Waals surface area (Å²) in [4.78, 5) is 23.3. The summed E-state index contributed by atoms with van der Waals surface area (Å²) in [6.45, 7) is 5.25. The van der Waals surface area contributed by atoms with Crippen molar-refractivity contribution >= 4 is 29.2 Å². The highest BCUT2D eigenvalue weighted by atomic mass is 16.3. The van der Waals surface area contributed by atoms with Crippen LogP contribution in [0.4, 0.5) is 27.9 Å². The highest BCUT2D eigenvalue weighted by molar-refractivity contribution is 6.06. The first-order valence-electron chi connectivity index (χ1n) is 9.38. The summed E-state index contributed by atoms with van der Waals surface area (Å²) in [6.07, 6.45) is 1.58. The van der Waals surface area contributed by atoms with Crippen LogP contribution in [0.5, 0.6) is 0 Å². The van der Waals surface area contributed by atoms with Crippen molar-refractivity contribution in [2.24, 2.45) is 0 Å². The highest BCUT2D eigenvalue weighted by Gasteiger charge is 2.24. The molecule has 7 nitrogen and oxygen atoms in total. The number of carbonyl (C=O) groups excluding carboxylic acids is 1. The molecule has 2 amide bonds. The number of carbonyl (C=O) groups is 1. The maximum absolute atomic E-state index is 13.1. The third-order valence-electron chi connectivity index (χ3n) is 4.52.